The van der Waals surface area contributed by atoms with Crippen molar-refractivity contribution in [2.45, 2.75) is 31.9 Å². The van der Waals surface area contributed by atoms with Gasteiger partial charge in [-0.3, -0.25) is 4.79 Å². The van der Waals surface area contributed by atoms with Crippen LogP contribution in [0.2, 0.25) is 0 Å². The summed E-state index contributed by atoms with van der Waals surface area (Å²) in [6, 6.07) is 1.66. The largest absolute Gasteiger partial charge is 0.378 e. The second-order valence-corrected chi connectivity index (χ2v) is 4.06. The van der Waals surface area contributed by atoms with Gasteiger partial charge in [-0.25, -0.2) is 4.98 Å². The quantitative estimate of drug-likeness (QED) is 0.792. The van der Waals surface area contributed by atoms with Crippen molar-refractivity contribution < 1.29 is 4.74 Å². The first-order valence-electron chi connectivity index (χ1n) is 5.62. The first-order valence-corrected chi connectivity index (χ1v) is 5.62. The topological polar surface area (TPSA) is 67.0 Å². The van der Waals surface area contributed by atoms with Crippen LogP contribution in [-0.4, -0.2) is 23.6 Å². The van der Waals surface area contributed by atoms with Crippen LogP contribution in [0.15, 0.2) is 10.9 Å². The number of piperidine rings is 1. The van der Waals surface area contributed by atoms with Crippen LogP contribution >= 0.6 is 0 Å². The molecule has 0 aromatic carbocycles. The summed E-state index contributed by atoms with van der Waals surface area (Å²) in [5.74, 6) is 0.735. The van der Waals surface area contributed by atoms with Gasteiger partial charge in [0.2, 0.25) is 0 Å². The lowest BCUT2D eigenvalue weighted by Crippen LogP contribution is -2.30. The van der Waals surface area contributed by atoms with Gasteiger partial charge < -0.3 is 15.0 Å². The Hall–Kier alpha value is -1.20. The summed E-state index contributed by atoms with van der Waals surface area (Å²) >= 11 is 0. The van der Waals surface area contributed by atoms with E-state index in [9.17, 15) is 4.79 Å². The third-order valence-corrected chi connectivity index (χ3v) is 2.75. The first kappa shape index (κ1) is 11.3. The highest BCUT2D eigenvalue weighted by Gasteiger charge is 2.17. The Morgan fingerprint density at radius 3 is 3.12 bits per heavy atom. The molecule has 16 heavy (non-hydrogen) atoms. The predicted octanol–water partition coefficient (Wildman–Crippen LogP) is 0.731. The molecule has 0 amide bonds. The lowest BCUT2D eigenvalue weighted by atomic mass is 10.0. The number of nitrogens with one attached hydrogen (secondary N) is 2. The van der Waals surface area contributed by atoms with E-state index in [-0.39, 0.29) is 11.6 Å². The highest BCUT2D eigenvalue weighted by Crippen LogP contribution is 2.18. The molecule has 1 atom stereocenters. The second kappa shape index (κ2) is 5.23. The highest BCUT2D eigenvalue weighted by atomic mass is 16.5. The molecule has 1 aliphatic rings. The number of hydrogen-bond donors (Lipinski definition) is 2. The Morgan fingerprint density at radius 1 is 1.56 bits per heavy atom. The molecule has 0 bridgehead atoms. The molecule has 1 aromatic rings. The Morgan fingerprint density at radius 2 is 2.44 bits per heavy atom. The van der Waals surface area contributed by atoms with E-state index >= 15 is 0 Å². The zero-order valence-corrected chi connectivity index (χ0v) is 9.45. The highest BCUT2D eigenvalue weighted by molar-refractivity contribution is 5.05. The fraction of sp³-hybridized carbons (Fsp3) is 0.636. The van der Waals surface area contributed by atoms with Crippen LogP contribution in [0.5, 0.6) is 0 Å². The van der Waals surface area contributed by atoms with E-state index < -0.39 is 0 Å². The average molecular weight is 223 g/mol. The van der Waals surface area contributed by atoms with Gasteiger partial charge in [-0.1, -0.05) is 6.42 Å². The molecule has 1 fully saturated rings. The minimum Gasteiger partial charge on any atom is -0.378 e. The van der Waals surface area contributed by atoms with Crippen molar-refractivity contribution in [1.82, 2.24) is 15.3 Å². The molecule has 88 valence electrons. The van der Waals surface area contributed by atoms with Gasteiger partial charge in [-0.15, -0.1) is 0 Å². The van der Waals surface area contributed by atoms with Gasteiger partial charge in [0, 0.05) is 13.2 Å². The van der Waals surface area contributed by atoms with Crippen LogP contribution in [0.4, 0.5) is 0 Å². The molecule has 1 aliphatic heterocycles. The molecule has 2 heterocycles. The number of hydrogen-bond acceptors (Lipinski definition) is 4. The van der Waals surface area contributed by atoms with E-state index in [1.54, 1.807) is 7.11 Å². The smallest absolute Gasteiger partial charge is 0.251 e. The molecule has 0 radical (unpaired) electrons. The molecule has 1 aromatic heterocycles. The number of aromatic amines is 1. The van der Waals surface area contributed by atoms with Crippen molar-refractivity contribution in [2.24, 2.45) is 0 Å². The van der Waals surface area contributed by atoms with Crippen LogP contribution in [0.3, 0.4) is 0 Å². The van der Waals surface area contributed by atoms with E-state index in [0.717, 1.165) is 18.8 Å². The van der Waals surface area contributed by atoms with E-state index in [1.165, 1.54) is 18.9 Å². The summed E-state index contributed by atoms with van der Waals surface area (Å²) in [6.07, 6.45) is 3.40. The molecular formula is C11H17N3O2. The van der Waals surface area contributed by atoms with Gasteiger partial charge in [0.1, 0.15) is 5.82 Å². The summed E-state index contributed by atoms with van der Waals surface area (Å²) in [6.45, 7) is 1.37. The maximum Gasteiger partial charge on any atom is 0.251 e. The van der Waals surface area contributed by atoms with E-state index in [1.807, 2.05) is 0 Å². The monoisotopic (exact) mass is 223 g/mol. The van der Waals surface area contributed by atoms with Crippen molar-refractivity contribution in [3.05, 3.63) is 27.9 Å². The number of H-pyrrole nitrogens is 1. The van der Waals surface area contributed by atoms with Crippen LogP contribution in [0.1, 0.15) is 36.8 Å². The summed E-state index contributed by atoms with van der Waals surface area (Å²) < 4.78 is 4.99. The first-order chi connectivity index (χ1) is 7.79. The Kier molecular flexibility index (Phi) is 3.69. The Balaban J connectivity index is 2.21. The molecule has 0 aliphatic carbocycles. The van der Waals surface area contributed by atoms with Crippen LogP contribution < -0.4 is 10.9 Å². The molecule has 1 saturated heterocycles. The van der Waals surface area contributed by atoms with Crippen molar-refractivity contribution >= 4 is 0 Å². The zero-order valence-electron chi connectivity index (χ0n) is 9.45. The number of ether oxygens (including phenoxy) is 1. The standard InChI is InChI=1S/C11H17N3O2/c1-16-7-8-6-10(15)14-11(13-8)9-4-2-3-5-12-9/h6,9,12H,2-5,7H2,1H3,(H,13,14,15). The molecule has 2 rings (SSSR count). The normalized spacial score (nSPS) is 20.9. The SMILES string of the molecule is COCc1cc(=O)[nH]c(C2CCCCN2)n1. The molecule has 1 unspecified atom stereocenters. The lowest BCUT2D eigenvalue weighted by Gasteiger charge is -2.22. The summed E-state index contributed by atoms with van der Waals surface area (Å²) in [7, 11) is 1.60. The maximum absolute atomic E-state index is 11.4. The van der Waals surface area contributed by atoms with Gasteiger partial charge in [0.05, 0.1) is 18.3 Å². The molecule has 2 N–H and O–H groups in total. The minimum absolute atomic E-state index is 0.107. The maximum atomic E-state index is 11.4. The Labute approximate surface area is 94.2 Å². The number of methoxy groups -OCH3 is 1. The molecular weight excluding hydrogens is 206 g/mol. The summed E-state index contributed by atoms with van der Waals surface area (Å²) in [4.78, 5) is 18.6. The summed E-state index contributed by atoms with van der Waals surface area (Å²) in [5.41, 5.74) is 0.582. The van der Waals surface area contributed by atoms with Crippen molar-refractivity contribution in [3.8, 4) is 0 Å². The van der Waals surface area contributed by atoms with Gasteiger partial charge in [0.15, 0.2) is 0 Å². The third-order valence-electron chi connectivity index (χ3n) is 2.75. The third kappa shape index (κ3) is 2.68. The lowest BCUT2D eigenvalue weighted by molar-refractivity contribution is 0.180. The van der Waals surface area contributed by atoms with Crippen molar-refractivity contribution in [3.63, 3.8) is 0 Å². The number of nitrogens with zero attached hydrogens (tertiary/aromatic N) is 1. The zero-order chi connectivity index (χ0) is 11.4. The van der Waals surface area contributed by atoms with Crippen LogP contribution in [-0.2, 0) is 11.3 Å². The molecule has 5 heteroatoms. The van der Waals surface area contributed by atoms with Gasteiger partial charge in [-0.2, -0.15) is 0 Å². The van der Waals surface area contributed by atoms with Gasteiger partial charge >= 0.3 is 0 Å². The second-order valence-electron chi connectivity index (χ2n) is 4.06. The molecule has 5 nitrogen and oxygen atoms in total. The fourth-order valence-electron chi connectivity index (χ4n) is 2.00. The predicted molar refractivity (Wildman–Crippen MR) is 60.2 cm³/mol. The molecule has 0 spiro atoms. The average Bonchev–Trinajstić information content (AvgIpc) is 2.30. The van der Waals surface area contributed by atoms with Crippen LogP contribution in [0, 0.1) is 0 Å². The van der Waals surface area contributed by atoms with Crippen molar-refractivity contribution in [1.29, 1.82) is 0 Å². The minimum atomic E-state index is -0.107. The fourth-order valence-corrected chi connectivity index (χ4v) is 2.00. The number of aromatic nitrogens is 2. The van der Waals surface area contributed by atoms with Gasteiger partial charge in [0.25, 0.3) is 5.56 Å². The van der Waals surface area contributed by atoms with E-state index in [0.29, 0.717) is 12.3 Å². The van der Waals surface area contributed by atoms with Gasteiger partial charge in [-0.05, 0) is 19.4 Å². The van der Waals surface area contributed by atoms with E-state index in [2.05, 4.69) is 15.3 Å². The molecule has 0 saturated carbocycles. The van der Waals surface area contributed by atoms with Crippen LogP contribution in [0.25, 0.3) is 0 Å². The van der Waals surface area contributed by atoms with Crippen molar-refractivity contribution in [2.75, 3.05) is 13.7 Å². The number of rotatable bonds is 3. The van der Waals surface area contributed by atoms with E-state index in [4.69, 9.17) is 4.74 Å². The Bertz CT molecular complexity index is 396. The summed E-state index contributed by atoms with van der Waals surface area (Å²) in [5, 5.41) is 3.36.